The van der Waals surface area contributed by atoms with Gasteiger partial charge in [-0.05, 0) is 36.4 Å². The van der Waals surface area contributed by atoms with Gasteiger partial charge in [0, 0.05) is 35.7 Å². The number of aromatic nitrogens is 1. The normalized spacial score (nSPS) is 15.5. The summed E-state index contributed by atoms with van der Waals surface area (Å²) in [5.41, 5.74) is 0.712. The number of ether oxygens (including phenoxy) is 1. The molecule has 0 amide bonds. The van der Waals surface area contributed by atoms with Crippen LogP contribution >= 0.6 is 27.7 Å². The topological polar surface area (TPSA) is 76.6 Å². The van der Waals surface area contributed by atoms with Crippen LogP contribution in [0.5, 0.6) is 0 Å². The predicted molar refractivity (Wildman–Crippen MR) is 112 cm³/mol. The van der Waals surface area contributed by atoms with Crippen LogP contribution < -0.4 is 0 Å². The monoisotopic (exact) mass is 484 g/mol. The lowest BCUT2D eigenvalue weighted by atomic mass is 10.1. The maximum atomic E-state index is 12.6. The summed E-state index contributed by atoms with van der Waals surface area (Å²) in [6.45, 7) is 1.57. The van der Waals surface area contributed by atoms with E-state index in [1.54, 1.807) is 12.1 Å². The van der Waals surface area contributed by atoms with Crippen LogP contribution in [0.15, 0.2) is 57.0 Å². The largest absolute Gasteiger partial charge is 0.379 e. The summed E-state index contributed by atoms with van der Waals surface area (Å²) in [7, 11) is -3.52. The minimum Gasteiger partial charge on any atom is -0.379 e. The van der Waals surface area contributed by atoms with E-state index in [0.717, 1.165) is 21.7 Å². The summed E-state index contributed by atoms with van der Waals surface area (Å²) in [6, 6.07) is 10.7. The van der Waals surface area contributed by atoms with E-state index in [4.69, 9.17) is 4.74 Å². The Kier molecular flexibility index (Phi) is 7.64. The molecule has 0 atom stereocenters. The van der Waals surface area contributed by atoms with Crippen molar-refractivity contribution in [2.24, 2.45) is 0 Å². The van der Waals surface area contributed by atoms with Crippen LogP contribution in [-0.2, 0) is 14.8 Å². The van der Waals surface area contributed by atoms with Gasteiger partial charge in [0.25, 0.3) is 0 Å². The van der Waals surface area contributed by atoms with E-state index in [-0.39, 0.29) is 10.7 Å². The highest BCUT2D eigenvalue weighted by Crippen LogP contribution is 2.22. The molecule has 0 saturated carbocycles. The second-order valence-electron chi connectivity index (χ2n) is 6.23. The van der Waals surface area contributed by atoms with Crippen molar-refractivity contribution in [1.29, 1.82) is 0 Å². The van der Waals surface area contributed by atoms with Gasteiger partial charge < -0.3 is 4.74 Å². The Morgan fingerprint density at radius 2 is 1.86 bits per heavy atom. The first-order chi connectivity index (χ1) is 13.5. The van der Waals surface area contributed by atoms with E-state index < -0.39 is 10.0 Å². The lowest BCUT2D eigenvalue weighted by Gasteiger charge is -2.25. The number of thioether (sulfide) groups is 1. The molecular weight excluding hydrogens is 464 g/mol. The summed E-state index contributed by atoms with van der Waals surface area (Å²) in [6.07, 6.45) is 2.60. The van der Waals surface area contributed by atoms with Crippen LogP contribution in [0.1, 0.15) is 23.2 Å². The molecule has 2 heterocycles. The van der Waals surface area contributed by atoms with E-state index in [9.17, 15) is 13.2 Å². The number of sulfonamides is 1. The number of nitrogens with zero attached hydrogens (tertiary/aromatic N) is 2. The zero-order chi connectivity index (χ0) is 20.0. The van der Waals surface area contributed by atoms with E-state index in [1.165, 1.54) is 22.3 Å². The van der Waals surface area contributed by atoms with E-state index in [2.05, 4.69) is 20.9 Å². The van der Waals surface area contributed by atoms with Crippen LogP contribution in [0, 0.1) is 0 Å². The highest BCUT2D eigenvalue weighted by atomic mass is 79.9. The van der Waals surface area contributed by atoms with Crippen LogP contribution in [0.3, 0.4) is 0 Å². The quantitative estimate of drug-likeness (QED) is 0.323. The van der Waals surface area contributed by atoms with Gasteiger partial charge in [0.2, 0.25) is 10.0 Å². The Hall–Kier alpha value is -1.26. The van der Waals surface area contributed by atoms with Gasteiger partial charge in [0.1, 0.15) is 4.90 Å². The van der Waals surface area contributed by atoms with Crippen LogP contribution in [0.2, 0.25) is 0 Å². The fourth-order valence-corrected chi connectivity index (χ4v) is 5.14. The number of Topliss-reactive ketones (excluding diaryl/α,β-unsaturated/α-hetero) is 1. The van der Waals surface area contributed by atoms with Crippen molar-refractivity contribution < 1.29 is 17.9 Å². The zero-order valence-corrected chi connectivity index (χ0v) is 18.4. The van der Waals surface area contributed by atoms with Gasteiger partial charge in [-0.1, -0.05) is 28.1 Å². The molecule has 1 aromatic heterocycles. The molecule has 2 aromatic rings. The number of ketones is 1. The lowest BCUT2D eigenvalue weighted by Crippen LogP contribution is -2.40. The first-order valence-corrected chi connectivity index (χ1v) is 12.1. The number of pyridine rings is 1. The molecule has 0 radical (unpaired) electrons. The number of benzene rings is 1. The average molecular weight is 485 g/mol. The summed E-state index contributed by atoms with van der Waals surface area (Å²) in [4.78, 5) is 16.6. The second-order valence-corrected chi connectivity index (χ2v) is 10.2. The van der Waals surface area contributed by atoms with Gasteiger partial charge in [0.15, 0.2) is 5.78 Å². The molecule has 0 aliphatic carbocycles. The Labute approximate surface area is 177 Å². The molecular formula is C19H21BrN2O4S2. The molecule has 6 nitrogen and oxygen atoms in total. The first-order valence-electron chi connectivity index (χ1n) is 8.92. The van der Waals surface area contributed by atoms with Crippen molar-refractivity contribution in [3.63, 3.8) is 0 Å². The number of carbonyl (C=O) groups is 1. The third kappa shape index (κ3) is 5.64. The molecule has 1 aromatic carbocycles. The number of carbonyl (C=O) groups excluding carboxylic acids is 1. The van der Waals surface area contributed by atoms with E-state index in [1.807, 2.05) is 24.3 Å². The Morgan fingerprint density at radius 1 is 1.14 bits per heavy atom. The highest BCUT2D eigenvalue weighted by molar-refractivity contribution is 9.10. The summed E-state index contributed by atoms with van der Waals surface area (Å²) < 4.78 is 32.7. The average Bonchev–Trinajstić information content (AvgIpc) is 2.72. The predicted octanol–water partition coefficient (Wildman–Crippen LogP) is 3.62. The third-order valence-corrected chi connectivity index (χ3v) is 7.72. The minimum absolute atomic E-state index is 0.119. The van der Waals surface area contributed by atoms with Crippen LogP contribution in [0.25, 0.3) is 0 Å². The molecule has 1 saturated heterocycles. The van der Waals surface area contributed by atoms with Gasteiger partial charge in [-0.3, -0.25) is 4.79 Å². The number of rotatable bonds is 8. The lowest BCUT2D eigenvalue weighted by molar-refractivity contribution is 0.0730. The van der Waals surface area contributed by atoms with Crippen molar-refractivity contribution >= 4 is 43.5 Å². The minimum atomic E-state index is -3.52. The molecule has 0 N–H and O–H groups in total. The zero-order valence-electron chi connectivity index (χ0n) is 15.2. The Balaban J connectivity index is 1.48. The molecule has 0 bridgehead atoms. The van der Waals surface area contributed by atoms with Crippen molar-refractivity contribution in [1.82, 2.24) is 9.29 Å². The van der Waals surface area contributed by atoms with Crippen LogP contribution in [-0.4, -0.2) is 55.5 Å². The number of hydrogen-bond donors (Lipinski definition) is 0. The number of halogens is 1. The highest BCUT2D eigenvalue weighted by Gasteiger charge is 2.26. The molecule has 28 heavy (non-hydrogen) atoms. The molecule has 3 rings (SSSR count). The van der Waals surface area contributed by atoms with Crippen molar-refractivity contribution in [2.75, 3.05) is 32.1 Å². The molecule has 0 spiro atoms. The fraction of sp³-hybridized carbons (Fsp3) is 0.368. The van der Waals surface area contributed by atoms with Gasteiger partial charge in [-0.2, -0.15) is 4.31 Å². The maximum absolute atomic E-state index is 12.6. The molecule has 150 valence electrons. The van der Waals surface area contributed by atoms with E-state index >= 15 is 0 Å². The fourth-order valence-electron chi connectivity index (χ4n) is 2.73. The molecule has 1 aliphatic heterocycles. The number of morpholine rings is 1. The van der Waals surface area contributed by atoms with Crippen LogP contribution in [0.4, 0.5) is 0 Å². The summed E-state index contributed by atoms with van der Waals surface area (Å²) in [5, 5.41) is 0.747. The Bertz CT molecular complexity index is 897. The Morgan fingerprint density at radius 3 is 2.50 bits per heavy atom. The third-order valence-electron chi connectivity index (χ3n) is 4.28. The standard InChI is InChI=1S/C19H21BrN2O4S2/c20-16-5-3-15(4-6-16)18(23)2-1-13-27-19-8-7-17(14-21-19)28(24,25)22-9-11-26-12-10-22/h3-8,14H,1-2,9-13H2. The van der Waals surface area contributed by atoms with E-state index in [0.29, 0.717) is 38.3 Å². The molecule has 1 aliphatic rings. The smallest absolute Gasteiger partial charge is 0.244 e. The summed E-state index contributed by atoms with van der Waals surface area (Å²) >= 11 is 4.87. The summed E-state index contributed by atoms with van der Waals surface area (Å²) in [5.74, 6) is 0.859. The second kappa shape index (κ2) is 9.98. The molecule has 1 fully saturated rings. The van der Waals surface area contributed by atoms with Gasteiger partial charge >= 0.3 is 0 Å². The van der Waals surface area contributed by atoms with Gasteiger partial charge in [-0.15, -0.1) is 11.8 Å². The van der Waals surface area contributed by atoms with Gasteiger partial charge in [0.05, 0.1) is 18.2 Å². The maximum Gasteiger partial charge on any atom is 0.244 e. The van der Waals surface area contributed by atoms with Crippen molar-refractivity contribution in [3.8, 4) is 0 Å². The SMILES string of the molecule is O=C(CCCSc1ccc(S(=O)(=O)N2CCOCC2)cn1)c1ccc(Br)cc1. The van der Waals surface area contributed by atoms with Crippen molar-refractivity contribution in [2.45, 2.75) is 22.8 Å². The first kappa shape index (κ1) is 21.4. The van der Waals surface area contributed by atoms with Crippen molar-refractivity contribution in [3.05, 3.63) is 52.6 Å². The number of hydrogen-bond acceptors (Lipinski definition) is 6. The van der Waals surface area contributed by atoms with Gasteiger partial charge in [-0.25, -0.2) is 13.4 Å². The molecule has 0 unspecified atom stereocenters. The molecule has 9 heteroatoms.